The van der Waals surface area contributed by atoms with Gasteiger partial charge in [-0.2, -0.15) is 0 Å². The first-order valence-corrected chi connectivity index (χ1v) is 11.2. The number of thiazole rings is 1. The van der Waals surface area contributed by atoms with Crippen LogP contribution in [0.5, 0.6) is 17.2 Å². The van der Waals surface area contributed by atoms with Gasteiger partial charge in [-0.05, 0) is 31.2 Å². The van der Waals surface area contributed by atoms with E-state index < -0.39 is 5.97 Å². The van der Waals surface area contributed by atoms with Crippen molar-refractivity contribution in [3.63, 3.8) is 0 Å². The predicted molar refractivity (Wildman–Crippen MR) is 128 cm³/mol. The maximum absolute atomic E-state index is 13.1. The molecule has 7 nitrogen and oxygen atoms in total. The van der Waals surface area contributed by atoms with Crippen molar-refractivity contribution < 1.29 is 23.7 Å². The van der Waals surface area contributed by atoms with E-state index in [1.54, 1.807) is 56.4 Å². The SMILES string of the molecule is COc1cc(-c2cc(C(=O)OCCc3scnc3C)c3ccccc3n2)cc(OC)c1OC. The van der Waals surface area contributed by atoms with Crippen LogP contribution in [0, 0.1) is 6.92 Å². The van der Waals surface area contributed by atoms with E-state index in [4.69, 9.17) is 23.9 Å². The van der Waals surface area contributed by atoms with E-state index in [1.807, 2.05) is 31.2 Å². The number of fused-ring (bicyclic) bond motifs is 1. The fourth-order valence-electron chi connectivity index (χ4n) is 3.60. The molecule has 0 saturated heterocycles. The standard InChI is InChI=1S/C25H24N2O5S/c1-15-23(33-14-26-15)9-10-32-25(28)18-13-20(27-19-8-6-5-7-17(18)19)16-11-21(29-2)24(31-4)22(12-16)30-3/h5-8,11-14H,9-10H2,1-4H3. The van der Waals surface area contributed by atoms with Crippen LogP contribution in [0.25, 0.3) is 22.2 Å². The molecule has 33 heavy (non-hydrogen) atoms. The van der Waals surface area contributed by atoms with Crippen LogP contribution in [0.2, 0.25) is 0 Å². The summed E-state index contributed by atoms with van der Waals surface area (Å²) in [5.41, 5.74) is 5.23. The maximum atomic E-state index is 13.1. The molecule has 0 unspecified atom stereocenters. The molecule has 0 bridgehead atoms. The van der Waals surface area contributed by atoms with Gasteiger partial charge >= 0.3 is 5.97 Å². The van der Waals surface area contributed by atoms with Crippen molar-refractivity contribution >= 4 is 28.2 Å². The third kappa shape index (κ3) is 4.61. The van der Waals surface area contributed by atoms with E-state index in [0.717, 1.165) is 21.5 Å². The van der Waals surface area contributed by atoms with E-state index in [2.05, 4.69) is 4.98 Å². The van der Waals surface area contributed by atoms with Gasteiger partial charge in [-0.25, -0.2) is 14.8 Å². The summed E-state index contributed by atoms with van der Waals surface area (Å²) >= 11 is 1.56. The number of nitrogens with zero attached hydrogens (tertiary/aromatic N) is 2. The molecule has 0 N–H and O–H groups in total. The fraction of sp³-hybridized carbons (Fsp3) is 0.240. The summed E-state index contributed by atoms with van der Waals surface area (Å²) < 4.78 is 22.0. The Kier molecular flexibility index (Phi) is 6.74. The Labute approximate surface area is 195 Å². The van der Waals surface area contributed by atoms with Crippen molar-refractivity contribution in [1.82, 2.24) is 9.97 Å². The van der Waals surface area contributed by atoms with Crippen LogP contribution in [-0.2, 0) is 11.2 Å². The highest BCUT2D eigenvalue weighted by atomic mass is 32.1. The normalized spacial score (nSPS) is 10.8. The van der Waals surface area contributed by atoms with Gasteiger partial charge in [0, 0.05) is 22.2 Å². The smallest absolute Gasteiger partial charge is 0.338 e. The third-order valence-electron chi connectivity index (χ3n) is 5.30. The lowest BCUT2D eigenvalue weighted by atomic mass is 10.0. The minimum atomic E-state index is -0.399. The molecule has 170 valence electrons. The van der Waals surface area contributed by atoms with Gasteiger partial charge in [0.05, 0.1) is 55.9 Å². The van der Waals surface area contributed by atoms with Crippen LogP contribution < -0.4 is 14.2 Å². The number of hydrogen-bond donors (Lipinski definition) is 0. The lowest BCUT2D eigenvalue weighted by Gasteiger charge is -2.15. The van der Waals surface area contributed by atoms with Crippen LogP contribution in [0.15, 0.2) is 48.0 Å². The largest absolute Gasteiger partial charge is 0.493 e. The molecule has 0 spiro atoms. The van der Waals surface area contributed by atoms with Crippen molar-refractivity contribution in [3.8, 4) is 28.5 Å². The number of rotatable bonds is 8. The lowest BCUT2D eigenvalue weighted by Crippen LogP contribution is -2.09. The Hall–Kier alpha value is -3.65. The topological polar surface area (TPSA) is 79.8 Å². The van der Waals surface area contributed by atoms with Gasteiger partial charge in [-0.3, -0.25) is 0 Å². The van der Waals surface area contributed by atoms with Gasteiger partial charge in [-0.1, -0.05) is 18.2 Å². The Balaban J connectivity index is 1.71. The second kappa shape index (κ2) is 9.87. The number of carbonyl (C=O) groups is 1. The summed E-state index contributed by atoms with van der Waals surface area (Å²) in [5, 5.41) is 0.729. The average Bonchev–Trinajstić information content (AvgIpc) is 3.26. The van der Waals surface area contributed by atoms with Gasteiger partial charge in [0.15, 0.2) is 11.5 Å². The van der Waals surface area contributed by atoms with Gasteiger partial charge in [0.25, 0.3) is 0 Å². The van der Waals surface area contributed by atoms with Gasteiger partial charge < -0.3 is 18.9 Å². The number of hydrogen-bond acceptors (Lipinski definition) is 8. The zero-order valence-corrected chi connectivity index (χ0v) is 19.7. The van der Waals surface area contributed by atoms with E-state index in [-0.39, 0.29) is 6.61 Å². The molecule has 0 saturated carbocycles. The molecule has 2 aromatic carbocycles. The predicted octanol–water partition coefficient (Wildman–Crippen LogP) is 5.09. The molecule has 0 amide bonds. The van der Waals surface area contributed by atoms with Gasteiger partial charge in [-0.15, -0.1) is 11.3 Å². The highest BCUT2D eigenvalue weighted by molar-refractivity contribution is 7.09. The first-order valence-electron chi connectivity index (χ1n) is 10.3. The summed E-state index contributed by atoms with van der Waals surface area (Å²) in [7, 11) is 4.67. The van der Waals surface area contributed by atoms with Crippen LogP contribution in [0.4, 0.5) is 0 Å². The number of aromatic nitrogens is 2. The Morgan fingerprint density at radius 2 is 1.73 bits per heavy atom. The number of para-hydroxylation sites is 1. The average molecular weight is 465 g/mol. The number of esters is 1. The van der Waals surface area contributed by atoms with Crippen LogP contribution in [0.1, 0.15) is 20.9 Å². The maximum Gasteiger partial charge on any atom is 0.338 e. The van der Waals surface area contributed by atoms with Crippen LogP contribution in [-0.4, -0.2) is 43.9 Å². The van der Waals surface area contributed by atoms with Crippen LogP contribution >= 0.6 is 11.3 Å². The third-order valence-corrected chi connectivity index (χ3v) is 6.30. The molecule has 0 aliphatic heterocycles. The lowest BCUT2D eigenvalue weighted by molar-refractivity contribution is 0.0512. The minimum absolute atomic E-state index is 0.276. The first-order chi connectivity index (χ1) is 16.0. The quantitative estimate of drug-likeness (QED) is 0.336. The molecule has 0 aliphatic carbocycles. The van der Waals surface area contributed by atoms with E-state index in [1.165, 1.54) is 0 Å². The fourth-order valence-corrected chi connectivity index (χ4v) is 4.36. The number of aryl methyl sites for hydroxylation is 1. The highest BCUT2D eigenvalue weighted by Gasteiger charge is 2.19. The molecule has 0 radical (unpaired) electrons. The number of benzene rings is 2. The molecule has 0 aliphatic rings. The van der Waals surface area contributed by atoms with Crippen molar-refractivity contribution in [2.24, 2.45) is 0 Å². The summed E-state index contributed by atoms with van der Waals surface area (Å²) in [6.07, 6.45) is 0.630. The summed E-state index contributed by atoms with van der Waals surface area (Å²) in [6, 6.07) is 12.8. The van der Waals surface area contributed by atoms with Crippen molar-refractivity contribution in [1.29, 1.82) is 0 Å². The molecular formula is C25H24N2O5S. The number of methoxy groups -OCH3 is 3. The Bertz CT molecular complexity index is 1280. The molecule has 2 aromatic heterocycles. The molecule has 0 fully saturated rings. The van der Waals surface area contributed by atoms with Crippen molar-refractivity contribution in [2.45, 2.75) is 13.3 Å². The Morgan fingerprint density at radius 3 is 2.36 bits per heavy atom. The van der Waals surface area contributed by atoms with Gasteiger partial charge in [0.2, 0.25) is 5.75 Å². The minimum Gasteiger partial charge on any atom is -0.493 e. The second-order valence-corrected chi connectivity index (χ2v) is 8.17. The van der Waals surface area contributed by atoms with E-state index in [0.29, 0.717) is 40.4 Å². The number of ether oxygens (including phenoxy) is 4. The van der Waals surface area contributed by atoms with Crippen molar-refractivity contribution in [3.05, 3.63) is 64.1 Å². The Morgan fingerprint density at radius 1 is 1.00 bits per heavy atom. The first kappa shape index (κ1) is 22.5. The highest BCUT2D eigenvalue weighted by Crippen LogP contribution is 2.41. The summed E-state index contributed by atoms with van der Waals surface area (Å²) in [5.74, 6) is 1.10. The van der Waals surface area contributed by atoms with Crippen LogP contribution in [0.3, 0.4) is 0 Å². The molecule has 4 aromatic rings. The van der Waals surface area contributed by atoms with E-state index >= 15 is 0 Å². The zero-order valence-electron chi connectivity index (χ0n) is 18.9. The van der Waals surface area contributed by atoms with Gasteiger partial charge in [0.1, 0.15) is 0 Å². The number of carbonyl (C=O) groups excluding carboxylic acids is 1. The summed E-state index contributed by atoms with van der Waals surface area (Å²) in [4.78, 5) is 23.2. The molecule has 0 atom stereocenters. The molecule has 4 rings (SSSR count). The molecular weight excluding hydrogens is 440 g/mol. The number of pyridine rings is 1. The zero-order chi connectivity index (χ0) is 23.4. The monoisotopic (exact) mass is 464 g/mol. The second-order valence-electron chi connectivity index (χ2n) is 7.23. The van der Waals surface area contributed by atoms with E-state index in [9.17, 15) is 4.79 Å². The van der Waals surface area contributed by atoms with Crippen molar-refractivity contribution in [2.75, 3.05) is 27.9 Å². The molecule has 2 heterocycles. The summed E-state index contributed by atoms with van der Waals surface area (Å²) in [6.45, 7) is 2.23. The molecule has 8 heteroatoms.